The minimum absolute atomic E-state index is 0.189. The van der Waals surface area contributed by atoms with Gasteiger partial charge in [0.25, 0.3) is 5.91 Å². The molecule has 0 fully saturated rings. The highest BCUT2D eigenvalue weighted by Crippen LogP contribution is 2.22. The molecule has 6 heteroatoms. The highest BCUT2D eigenvalue weighted by molar-refractivity contribution is 6.03. The molecule has 0 atom stereocenters. The molecule has 4 aromatic rings. The molecule has 6 nitrogen and oxygen atoms in total. The van der Waals surface area contributed by atoms with Gasteiger partial charge in [-0.25, -0.2) is 9.97 Å². The first-order valence-electron chi connectivity index (χ1n) is 8.23. The van der Waals surface area contributed by atoms with Crippen molar-refractivity contribution in [3.05, 3.63) is 78.6 Å². The van der Waals surface area contributed by atoms with E-state index < -0.39 is 0 Å². The van der Waals surface area contributed by atoms with E-state index in [4.69, 9.17) is 0 Å². The van der Waals surface area contributed by atoms with Crippen LogP contribution in [0.4, 0.5) is 11.5 Å². The number of rotatable bonds is 4. The number of hydrogen-bond acceptors (Lipinski definition) is 4. The summed E-state index contributed by atoms with van der Waals surface area (Å²) in [7, 11) is 1.87. The summed E-state index contributed by atoms with van der Waals surface area (Å²) in [6.45, 7) is 0. The molecular weight excluding hydrogens is 326 g/mol. The second-order valence-corrected chi connectivity index (χ2v) is 5.77. The third-order valence-corrected chi connectivity index (χ3v) is 4.08. The van der Waals surface area contributed by atoms with Gasteiger partial charge in [0.05, 0.1) is 23.3 Å². The van der Waals surface area contributed by atoms with E-state index in [1.165, 1.54) is 0 Å². The number of carbonyl (C=O) groups excluding carboxylic acids is 1. The number of benzene rings is 1. The van der Waals surface area contributed by atoms with Gasteiger partial charge in [-0.15, -0.1) is 0 Å². The molecule has 0 saturated carbocycles. The predicted octanol–water partition coefficient (Wildman–Crippen LogP) is 3.69. The Morgan fingerprint density at radius 3 is 2.65 bits per heavy atom. The van der Waals surface area contributed by atoms with Crippen molar-refractivity contribution >= 4 is 23.1 Å². The molecule has 0 radical (unpaired) electrons. The number of amides is 1. The quantitative estimate of drug-likeness (QED) is 0.593. The van der Waals surface area contributed by atoms with Crippen molar-refractivity contribution in [1.29, 1.82) is 0 Å². The summed E-state index contributed by atoms with van der Waals surface area (Å²) in [5.41, 5.74) is 3.99. The summed E-state index contributed by atoms with van der Waals surface area (Å²) in [5.74, 6) is 0.307. The van der Waals surface area contributed by atoms with E-state index in [0.29, 0.717) is 11.4 Å². The first-order chi connectivity index (χ1) is 12.7. The van der Waals surface area contributed by atoms with E-state index in [1.54, 1.807) is 24.4 Å². The van der Waals surface area contributed by atoms with Crippen LogP contribution >= 0.6 is 0 Å². The Labute approximate surface area is 150 Å². The molecule has 4 rings (SSSR count). The third kappa shape index (κ3) is 3.00. The Balaban J connectivity index is 1.67. The van der Waals surface area contributed by atoms with Crippen molar-refractivity contribution in [3.63, 3.8) is 0 Å². The Morgan fingerprint density at radius 1 is 1.00 bits per heavy atom. The SMILES string of the molecule is CNc1ccc2ncc(-c3cccc(NC(=O)c4ccccc4)n3)n2c1. The van der Waals surface area contributed by atoms with Crippen LogP contribution in [0, 0.1) is 0 Å². The molecule has 3 heterocycles. The summed E-state index contributed by atoms with van der Waals surface area (Å²) < 4.78 is 1.97. The zero-order valence-corrected chi connectivity index (χ0v) is 14.2. The number of nitrogens with one attached hydrogen (secondary N) is 2. The van der Waals surface area contributed by atoms with Crippen LogP contribution in [0.3, 0.4) is 0 Å². The van der Waals surface area contributed by atoms with Gasteiger partial charge in [-0.2, -0.15) is 0 Å². The number of nitrogens with zero attached hydrogens (tertiary/aromatic N) is 3. The molecule has 1 aromatic carbocycles. The van der Waals surface area contributed by atoms with Gasteiger partial charge in [0, 0.05) is 18.8 Å². The van der Waals surface area contributed by atoms with E-state index in [1.807, 2.05) is 60.1 Å². The van der Waals surface area contributed by atoms with E-state index >= 15 is 0 Å². The van der Waals surface area contributed by atoms with Crippen LogP contribution < -0.4 is 10.6 Å². The highest BCUT2D eigenvalue weighted by Gasteiger charge is 2.10. The van der Waals surface area contributed by atoms with Crippen molar-refractivity contribution < 1.29 is 4.79 Å². The van der Waals surface area contributed by atoms with Gasteiger partial charge in [0.1, 0.15) is 11.5 Å². The van der Waals surface area contributed by atoms with Gasteiger partial charge in [0.15, 0.2) is 0 Å². The molecule has 2 N–H and O–H groups in total. The molecule has 0 aliphatic carbocycles. The lowest BCUT2D eigenvalue weighted by Crippen LogP contribution is -2.12. The summed E-state index contributed by atoms with van der Waals surface area (Å²) in [4.78, 5) is 21.3. The van der Waals surface area contributed by atoms with Gasteiger partial charge in [-0.05, 0) is 36.4 Å². The molecule has 26 heavy (non-hydrogen) atoms. The molecule has 0 bridgehead atoms. The summed E-state index contributed by atoms with van der Waals surface area (Å²) in [6, 6.07) is 18.5. The maximum atomic E-state index is 12.3. The molecule has 0 saturated heterocycles. The number of imidazole rings is 1. The van der Waals surface area contributed by atoms with Crippen molar-refractivity contribution in [2.45, 2.75) is 0 Å². The molecule has 0 aliphatic heterocycles. The maximum absolute atomic E-state index is 12.3. The van der Waals surface area contributed by atoms with Gasteiger partial charge < -0.3 is 10.6 Å². The first-order valence-corrected chi connectivity index (χ1v) is 8.23. The Bertz CT molecular complexity index is 1070. The minimum Gasteiger partial charge on any atom is -0.387 e. The Kier molecular flexibility index (Phi) is 4.07. The van der Waals surface area contributed by atoms with E-state index in [9.17, 15) is 4.79 Å². The first kappa shape index (κ1) is 15.8. The molecule has 3 aromatic heterocycles. The zero-order chi connectivity index (χ0) is 17.9. The maximum Gasteiger partial charge on any atom is 0.256 e. The summed E-state index contributed by atoms with van der Waals surface area (Å²) in [6.07, 6.45) is 3.74. The van der Waals surface area contributed by atoms with Crippen LogP contribution in [-0.4, -0.2) is 27.3 Å². The molecule has 0 unspecified atom stereocenters. The van der Waals surface area contributed by atoms with Crippen molar-refractivity contribution in [2.24, 2.45) is 0 Å². The number of aromatic nitrogens is 3. The number of fused-ring (bicyclic) bond motifs is 1. The Hall–Kier alpha value is -3.67. The summed E-state index contributed by atoms with van der Waals surface area (Å²) in [5, 5.41) is 5.96. The van der Waals surface area contributed by atoms with Gasteiger partial charge in [-0.3, -0.25) is 9.20 Å². The average molecular weight is 343 g/mol. The lowest BCUT2D eigenvalue weighted by atomic mass is 10.2. The third-order valence-electron chi connectivity index (χ3n) is 4.08. The van der Waals surface area contributed by atoms with Crippen LogP contribution in [0.5, 0.6) is 0 Å². The Morgan fingerprint density at radius 2 is 1.85 bits per heavy atom. The van der Waals surface area contributed by atoms with Gasteiger partial charge in [0.2, 0.25) is 0 Å². The normalized spacial score (nSPS) is 10.7. The number of pyridine rings is 2. The summed E-state index contributed by atoms with van der Waals surface area (Å²) >= 11 is 0. The van der Waals surface area contributed by atoms with Gasteiger partial charge >= 0.3 is 0 Å². The fraction of sp³-hybridized carbons (Fsp3) is 0.0500. The van der Waals surface area contributed by atoms with Crippen molar-refractivity contribution in [1.82, 2.24) is 14.4 Å². The van der Waals surface area contributed by atoms with Crippen molar-refractivity contribution in [2.75, 3.05) is 17.7 Å². The van der Waals surface area contributed by atoms with E-state index in [2.05, 4.69) is 20.6 Å². The van der Waals surface area contributed by atoms with Crippen molar-refractivity contribution in [3.8, 4) is 11.4 Å². The lowest BCUT2D eigenvalue weighted by molar-refractivity contribution is 0.102. The molecule has 0 aliphatic rings. The second-order valence-electron chi connectivity index (χ2n) is 5.77. The van der Waals surface area contributed by atoms with Crippen LogP contribution in [0.1, 0.15) is 10.4 Å². The van der Waals surface area contributed by atoms with Crippen LogP contribution in [-0.2, 0) is 0 Å². The number of hydrogen-bond donors (Lipinski definition) is 2. The monoisotopic (exact) mass is 343 g/mol. The number of carbonyl (C=O) groups is 1. The van der Waals surface area contributed by atoms with Crippen LogP contribution in [0.15, 0.2) is 73.1 Å². The van der Waals surface area contributed by atoms with E-state index in [-0.39, 0.29) is 5.91 Å². The minimum atomic E-state index is -0.189. The lowest BCUT2D eigenvalue weighted by Gasteiger charge is -2.07. The highest BCUT2D eigenvalue weighted by atomic mass is 16.1. The van der Waals surface area contributed by atoms with Crippen LogP contribution in [0.2, 0.25) is 0 Å². The van der Waals surface area contributed by atoms with Crippen LogP contribution in [0.25, 0.3) is 17.0 Å². The fourth-order valence-corrected chi connectivity index (χ4v) is 2.74. The smallest absolute Gasteiger partial charge is 0.256 e. The fourth-order valence-electron chi connectivity index (χ4n) is 2.74. The molecule has 1 amide bonds. The molecule has 0 spiro atoms. The molecular formula is C20H17N5O. The molecule has 128 valence electrons. The second kappa shape index (κ2) is 6.68. The average Bonchev–Trinajstić information content (AvgIpc) is 3.12. The largest absolute Gasteiger partial charge is 0.387 e. The predicted molar refractivity (Wildman–Crippen MR) is 102 cm³/mol. The topological polar surface area (TPSA) is 71.3 Å². The zero-order valence-electron chi connectivity index (χ0n) is 14.2. The standard InChI is InChI=1S/C20H17N5O/c1-21-15-10-11-19-22-12-17(25(19)13-15)16-8-5-9-18(23-16)24-20(26)14-6-3-2-4-7-14/h2-13,21H,1H3,(H,23,24,26). The number of anilines is 2. The van der Waals surface area contributed by atoms with Gasteiger partial charge in [-0.1, -0.05) is 24.3 Å². The van der Waals surface area contributed by atoms with E-state index in [0.717, 1.165) is 22.7 Å².